The molecule has 0 saturated heterocycles. The zero-order valence-corrected chi connectivity index (χ0v) is 20.9. The van der Waals surface area contributed by atoms with E-state index in [1.807, 2.05) is 14.1 Å². The van der Waals surface area contributed by atoms with Gasteiger partial charge in [-0.3, -0.25) is 4.79 Å². The molecular weight excluding hydrogens is 382 g/mol. The van der Waals surface area contributed by atoms with Crippen molar-refractivity contribution in [2.75, 3.05) is 14.1 Å². The van der Waals surface area contributed by atoms with Crippen molar-refractivity contribution in [3.63, 3.8) is 0 Å². The van der Waals surface area contributed by atoms with Crippen LogP contribution >= 0.6 is 12.4 Å². The minimum Gasteiger partial charge on any atom is -0.481 e. The summed E-state index contributed by atoms with van der Waals surface area (Å²) >= 11 is 0. The zero-order valence-electron chi connectivity index (χ0n) is 20.1. The van der Waals surface area contributed by atoms with Crippen LogP contribution in [0.2, 0.25) is 0 Å². The lowest BCUT2D eigenvalue weighted by Gasteiger charge is -2.03. The van der Waals surface area contributed by atoms with Crippen molar-refractivity contribution in [1.29, 1.82) is 0 Å². The average Bonchev–Trinajstić information content (AvgIpc) is 2.65. The fraction of sp³-hybridized carbons (Fsp3) is 0.880. The lowest BCUT2D eigenvalue weighted by atomic mass is 10.0. The fourth-order valence-electron chi connectivity index (χ4n) is 3.10. The van der Waals surface area contributed by atoms with Crippen molar-refractivity contribution in [2.45, 2.75) is 129 Å². The molecule has 0 radical (unpaired) electrons. The summed E-state index contributed by atoms with van der Waals surface area (Å²) in [6, 6.07) is 0. The summed E-state index contributed by atoms with van der Waals surface area (Å²) in [7, 11) is 4.07. The van der Waals surface area contributed by atoms with Crippen molar-refractivity contribution >= 4 is 18.4 Å². The minimum absolute atomic E-state index is 0. The van der Waals surface area contributed by atoms with Gasteiger partial charge < -0.3 is 10.0 Å². The van der Waals surface area contributed by atoms with Gasteiger partial charge in [0.25, 0.3) is 0 Å². The first-order valence-corrected chi connectivity index (χ1v) is 12.1. The van der Waals surface area contributed by atoms with E-state index < -0.39 is 5.97 Å². The Balaban J connectivity index is -0.000000636. The molecule has 0 atom stereocenters. The maximum absolute atomic E-state index is 10.3. The van der Waals surface area contributed by atoms with Crippen LogP contribution in [0.3, 0.4) is 0 Å². The van der Waals surface area contributed by atoms with Crippen LogP contribution in [0.15, 0.2) is 12.3 Å². The Morgan fingerprint density at radius 3 is 1.38 bits per heavy atom. The normalized spacial score (nSPS) is 10.3. The van der Waals surface area contributed by atoms with E-state index in [1.165, 1.54) is 96.3 Å². The van der Waals surface area contributed by atoms with E-state index in [4.69, 9.17) is 5.11 Å². The van der Waals surface area contributed by atoms with Crippen molar-refractivity contribution in [2.24, 2.45) is 0 Å². The molecule has 0 rings (SSSR count). The zero-order chi connectivity index (χ0) is 21.3. The molecule has 0 amide bonds. The quantitative estimate of drug-likeness (QED) is 0.207. The Kier molecular flexibility index (Phi) is 33.5. The first kappa shape index (κ1) is 33.0. The smallest absolute Gasteiger partial charge is 0.303 e. The summed E-state index contributed by atoms with van der Waals surface area (Å²) in [5, 5.41) is 8.52. The van der Waals surface area contributed by atoms with Crippen LogP contribution in [0.5, 0.6) is 0 Å². The Morgan fingerprint density at radius 1 is 0.690 bits per heavy atom. The molecule has 176 valence electrons. The predicted molar refractivity (Wildman–Crippen MR) is 132 cm³/mol. The number of aliphatic carboxylic acids is 1. The lowest BCUT2D eigenvalue weighted by Crippen LogP contribution is -1.99. The van der Waals surface area contributed by atoms with Crippen molar-refractivity contribution in [3.8, 4) is 0 Å². The van der Waals surface area contributed by atoms with Gasteiger partial charge in [-0.2, -0.15) is 0 Å². The van der Waals surface area contributed by atoms with Crippen LogP contribution < -0.4 is 0 Å². The van der Waals surface area contributed by atoms with Crippen LogP contribution in [0.4, 0.5) is 0 Å². The molecule has 0 aromatic heterocycles. The highest BCUT2D eigenvalue weighted by Crippen LogP contribution is 2.13. The average molecular weight is 434 g/mol. The largest absolute Gasteiger partial charge is 0.481 e. The van der Waals surface area contributed by atoms with Crippen LogP contribution in [0, 0.1) is 0 Å². The molecule has 4 heteroatoms. The molecule has 0 heterocycles. The third-order valence-corrected chi connectivity index (χ3v) is 4.85. The van der Waals surface area contributed by atoms with Gasteiger partial charge in [0.2, 0.25) is 0 Å². The molecule has 0 fully saturated rings. The molecule has 1 N–H and O–H groups in total. The predicted octanol–water partition coefficient (Wildman–Crippen LogP) is 8.62. The molecule has 0 spiro atoms. The number of rotatable bonds is 19. The topological polar surface area (TPSA) is 40.5 Å². The molecule has 0 saturated carbocycles. The van der Waals surface area contributed by atoms with Crippen LogP contribution in [-0.4, -0.2) is 30.1 Å². The highest BCUT2D eigenvalue weighted by molar-refractivity contribution is 5.85. The molecule has 0 unspecified atom stereocenters. The molecule has 0 bridgehead atoms. The van der Waals surface area contributed by atoms with Gasteiger partial charge in [-0.15, -0.1) is 12.4 Å². The number of carboxylic acid groups (broad SMARTS) is 1. The van der Waals surface area contributed by atoms with E-state index in [-0.39, 0.29) is 12.4 Å². The molecule has 3 nitrogen and oxygen atoms in total. The summed E-state index contributed by atoms with van der Waals surface area (Å²) in [6.07, 6.45) is 26.9. The van der Waals surface area contributed by atoms with Gasteiger partial charge in [0.05, 0.1) is 0 Å². The van der Waals surface area contributed by atoms with Gasteiger partial charge in [-0.25, -0.2) is 0 Å². The van der Waals surface area contributed by atoms with Gasteiger partial charge >= 0.3 is 5.97 Å². The number of carboxylic acids is 1. The molecule has 0 aliphatic rings. The number of hydrogen-bond acceptors (Lipinski definition) is 2. The van der Waals surface area contributed by atoms with Gasteiger partial charge in [0.1, 0.15) is 0 Å². The van der Waals surface area contributed by atoms with E-state index in [1.54, 1.807) is 0 Å². The first-order valence-electron chi connectivity index (χ1n) is 12.1. The molecule has 29 heavy (non-hydrogen) atoms. The Labute approximate surface area is 189 Å². The van der Waals surface area contributed by atoms with E-state index in [0.717, 1.165) is 12.8 Å². The highest BCUT2D eigenvalue weighted by atomic mass is 35.5. The summed E-state index contributed by atoms with van der Waals surface area (Å²) in [5.74, 6) is -0.653. The third kappa shape index (κ3) is 38.5. The van der Waals surface area contributed by atoms with Gasteiger partial charge in [-0.1, -0.05) is 116 Å². The lowest BCUT2D eigenvalue weighted by molar-refractivity contribution is -0.137. The van der Waals surface area contributed by atoms with Gasteiger partial charge in [-0.05, 0) is 19.0 Å². The van der Waals surface area contributed by atoms with Gasteiger partial charge in [0, 0.05) is 20.5 Å². The summed E-state index contributed by atoms with van der Waals surface area (Å²) in [6.45, 7) is 4.45. The second kappa shape index (κ2) is 29.5. The van der Waals surface area contributed by atoms with E-state index in [0.29, 0.717) is 6.42 Å². The highest BCUT2D eigenvalue weighted by Gasteiger charge is 1.97. The monoisotopic (exact) mass is 433 g/mol. The number of nitrogens with zero attached hydrogens (tertiary/aromatic N) is 1. The summed E-state index contributed by atoms with van der Waals surface area (Å²) in [4.78, 5) is 12.4. The summed E-state index contributed by atoms with van der Waals surface area (Å²) < 4.78 is 0. The van der Waals surface area contributed by atoms with Crippen LogP contribution in [0.1, 0.15) is 129 Å². The third-order valence-electron chi connectivity index (χ3n) is 4.85. The van der Waals surface area contributed by atoms with E-state index >= 15 is 0 Å². The first-order chi connectivity index (χ1) is 13.5. The fourth-order valence-corrected chi connectivity index (χ4v) is 3.10. The number of carbonyl (C=O) groups is 1. The van der Waals surface area contributed by atoms with Gasteiger partial charge in [0.15, 0.2) is 0 Å². The Morgan fingerprint density at radius 2 is 1.07 bits per heavy atom. The van der Waals surface area contributed by atoms with E-state index in [9.17, 15) is 4.79 Å². The van der Waals surface area contributed by atoms with E-state index in [2.05, 4.69) is 31.0 Å². The van der Waals surface area contributed by atoms with Crippen LogP contribution in [0.25, 0.3) is 0 Å². The second-order valence-corrected chi connectivity index (χ2v) is 8.23. The molecule has 0 aliphatic carbocycles. The van der Waals surface area contributed by atoms with Crippen LogP contribution in [-0.2, 0) is 4.79 Å². The molecule has 0 aromatic rings. The number of hydrogen-bond donors (Lipinski definition) is 1. The Hall–Kier alpha value is -0.700. The van der Waals surface area contributed by atoms with Crippen molar-refractivity contribution in [1.82, 2.24) is 4.90 Å². The van der Waals surface area contributed by atoms with Crippen molar-refractivity contribution in [3.05, 3.63) is 12.3 Å². The Bertz CT molecular complexity index is 333. The number of allylic oxidation sites excluding steroid dienone is 1. The molecular formula is C25H52ClNO2. The molecule has 0 aliphatic heterocycles. The second-order valence-electron chi connectivity index (χ2n) is 8.23. The summed E-state index contributed by atoms with van der Waals surface area (Å²) in [5.41, 5.74) is 0. The molecule has 0 aromatic carbocycles. The number of unbranched alkanes of at least 4 members (excludes halogenated alkanes) is 15. The minimum atomic E-state index is -0.653. The number of halogens is 1. The maximum Gasteiger partial charge on any atom is 0.303 e. The SMILES string of the molecule is CCCC=CN(C)C.CCCCCCCCCCCCCCCCCC(=O)O.Cl. The maximum atomic E-state index is 10.3. The van der Waals surface area contributed by atoms with Crippen molar-refractivity contribution < 1.29 is 9.90 Å². The standard InChI is InChI=1S/C18H36O2.C7H15N.ClH/c1-2-3-4-5-6-7-8-9-10-11-12-13-14-15-16-17-18(19)20;1-4-5-6-7-8(2)3;/h2-17H2,1H3,(H,19,20);6-7H,4-5H2,1-3H3;1H.